The molecule has 1 aliphatic heterocycles. The average Bonchev–Trinajstić information content (AvgIpc) is 2.94. The second kappa shape index (κ2) is 6.72. The van der Waals surface area contributed by atoms with Gasteiger partial charge in [-0.15, -0.1) is 0 Å². The quantitative estimate of drug-likeness (QED) is 0.756. The maximum Gasteiger partial charge on any atom is 0.242 e. The molecule has 2 amide bonds. The van der Waals surface area contributed by atoms with Gasteiger partial charge in [-0.1, -0.05) is 30.3 Å². The van der Waals surface area contributed by atoms with Crippen LogP contribution in [-0.2, 0) is 16.1 Å². The van der Waals surface area contributed by atoms with Crippen molar-refractivity contribution in [2.24, 2.45) is 0 Å². The Labute approximate surface area is 125 Å². The van der Waals surface area contributed by atoms with Crippen LogP contribution in [0, 0.1) is 0 Å². The lowest BCUT2D eigenvalue weighted by Crippen LogP contribution is -2.56. The molecule has 1 heterocycles. The summed E-state index contributed by atoms with van der Waals surface area (Å²) in [6, 6.07) is 9.16. The van der Waals surface area contributed by atoms with E-state index in [-0.39, 0.29) is 11.8 Å². The number of carbonyl (C=O) groups is 2. The van der Waals surface area contributed by atoms with E-state index in [9.17, 15) is 9.59 Å². The van der Waals surface area contributed by atoms with E-state index in [1.165, 1.54) is 0 Å². The highest BCUT2D eigenvalue weighted by atomic mass is 16.2. The third kappa shape index (κ3) is 4.04. The van der Waals surface area contributed by atoms with Crippen LogP contribution in [0.15, 0.2) is 30.3 Å². The minimum absolute atomic E-state index is 0.109. The molecule has 1 fully saturated rings. The fourth-order valence-electron chi connectivity index (χ4n) is 2.45. The van der Waals surface area contributed by atoms with E-state index < -0.39 is 11.6 Å². The average molecular weight is 289 g/mol. The molecule has 1 aromatic carbocycles. The first-order valence-electron chi connectivity index (χ1n) is 7.39. The minimum atomic E-state index is -0.548. The molecule has 0 saturated carbocycles. The van der Waals surface area contributed by atoms with Crippen LogP contribution in [-0.4, -0.2) is 29.9 Å². The van der Waals surface area contributed by atoms with Crippen LogP contribution in [0.2, 0.25) is 0 Å². The van der Waals surface area contributed by atoms with Crippen molar-refractivity contribution in [1.29, 1.82) is 0 Å². The van der Waals surface area contributed by atoms with Crippen LogP contribution in [0.3, 0.4) is 0 Å². The summed E-state index contributed by atoms with van der Waals surface area (Å²) in [5.41, 5.74) is 0.488. The lowest BCUT2D eigenvalue weighted by atomic mass is 9.99. The van der Waals surface area contributed by atoms with Crippen molar-refractivity contribution in [3.63, 3.8) is 0 Å². The van der Waals surface area contributed by atoms with Crippen molar-refractivity contribution in [2.75, 3.05) is 6.54 Å². The maximum absolute atomic E-state index is 12.2. The van der Waals surface area contributed by atoms with E-state index >= 15 is 0 Å². The fraction of sp³-hybridized carbons (Fsp3) is 0.500. The zero-order valence-corrected chi connectivity index (χ0v) is 12.6. The van der Waals surface area contributed by atoms with Gasteiger partial charge in [0.1, 0.15) is 6.04 Å². The Balaban J connectivity index is 1.81. The molecule has 5 heteroatoms. The number of amides is 2. The molecule has 5 nitrogen and oxygen atoms in total. The van der Waals surface area contributed by atoms with Crippen molar-refractivity contribution in [3.05, 3.63) is 35.9 Å². The monoisotopic (exact) mass is 289 g/mol. The van der Waals surface area contributed by atoms with Crippen LogP contribution in [0.25, 0.3) is 0 Å². The Bertz CT molecular complexity index is 496. The Morgan fingerprint density at radius 3 is 2.67 bits per heavy atom. The van der Waals surface area contributed by atoms with E-state index in [0.717, 1.165) is 24.9 Å². The Morgan fingerprint density at radius 2 is 2.05 bits per heavy atom. The van der Waals surface area contributed by atoms with Gasteiger partial charge < -0.3 is 16.0 Å². The van der Waals surface area contributed by atoms with Crippen molar-refractivity contribution < 1.29 is 9.59 Å². The molecule has 21 heavy (non-hydrogen) atoms. The molecule has 1 aromatic rings. The van der Waals surface area contributed by atoms with Gasteiger partial charge in [0.05, 0.1) is 5.54 Å². The lowest BCUT2D eigenvalue weighted by Gasteiger charge is -2.25. The summed E-state index contributed by atoms with van der Waals surface area (Å²) >= 11 is 0. The number of carbonyl (C=O) groups excluding carboxylic acids is 2. The molecular weight excluding hydrogens is 266 g/mol. The van der Waals surface area contributed by atoms with Crippen molar-refractivity contribution in [1.82, 2.24) is 16.0 Å². The van der Waals surface area contributed by atoms with Gasteiger partial charge in [0.25, 0.3) is 0 Å². The predicted octanol–water partition coefficient (Wildman–Crippen LogP) is 0.950. The molecule has 2 rings (SSSR count). The summed E-state index contributed by atoms with van der Waals surface area (Å²) in [6.07, 6.45) is 1.79. The van der Waals surface area contributed by atoms with E-state index in [1.807, 2.05) is 37.3 Å². The van der Waals surface area contributed by atoms with E-state index in [4.69, 9.17) is 0 Å². The molecule has 1 saturated heterocycles. The molecule has 0 aliphatic carbocycles. The molecule has 0 radical (unpaired) electrons. The van der Waals surface area contributed by atoms with Crippen molar-refractivity contribution in [3.8, 4) is 0 Å². The third-order valence-electron chi connectivity index (χ3n) is 3.92. The van der Waals surface area contributed by atoms with Gasteiger partial charge in [-0.3, -0.25) is 9.59 Å². The summed E-state index contributed by atoms with van der Waals surface area (Å²) in [5, 5.41) is 8.81. The van der Waals surface area contributed by atoms with E-state index in [1.54, 1.807) is 6.92 Å². The zero-order valence-electron chi connectivity index (χ0n) is 12.6. The second-order valence-corrected chi connectivity index (χ2v) is 5.76. The molecule has 0 spiro atoms. The molecule has 3 N–H and O–H groups in total. The van der Waals surface area contributed by atoms with Gasteiger partial charge in [0.15, 0.2) is 0 Å². The van der Waals surface area contributed by atoms with Gasteiger partial charge in [-0.05, 0) is 38.8 Å². The molecule has 2 atom stereocenters. The Morgan fingerprint density at radius 1 is 1.33 bits per heavy atom. The first kappa shape index (κ1) is 15.5. The summed E-state index contributed by atoms with van der Waals surface area (Å²) in [4.78, 5) is 24.2. The molecule has 0 bridgehead atoms. The topological polar surface area (TPSA) is 70.2 Å². The summed E-state index contributed by atoms with van der Waals surface area (Å²) in [6.45, 7) is 4.90. The number of hydrogen-bond donors (Lipinski definition) is 3. The first-order chi connectivity index (χ1) is 10.0. The van der Waals surface area contributed by atoms with Crippen LogP contribution in [0.1, 0.15) is 32.3 Å². The normalized spacial score (nSPS) is 22.6. The first-order valence-corrected chi connectivity index (χ1v) is 7.39. The summed E-state index contributed by atoms with van der Waals surface area (Å²) < 4.78 is 0. The van der Waals surface area contributed by atoms with Crippen LogP contribution < -0.4 is 16.0 Å². The Hall–Kier alpha value is -1.88. The van der Waals surface area contributed by atoms with Crippen LogP contribution in [0.5, 0.6) is 0 Å². The van der Waals surface area contributed by atoms with Crippen LogP contribution >= 0.6 is 0 Å². The molecule has 0 aromatic heterocycles. The van der Waals surface area contributed by atoms with E-state index in [0.29, 0.717) is 6.54 Å². The van der Waals surface area contributed by atoms with Gasteiger partial charge in [0, 0.05) is 6.54 Å². The molecular formula is C16H23N3O2. The third-order valence-corrected chi connectivity index (χ3v) is 3.92. The SMILES string of the molecule is C[C@H](NC(=O)C1(C)CCCN1)C(=O)NCc1ccccc1. The minimum Gasteiger partial charge on any atom is -0.350 e. The number of nitrogens with one attached hydrogen (secondary N) is 3. The smallest absolute Gasteiger partial charge is 0.242 e. The highest BCUT2D eigenvalue weighted by Gasteiger charge is 2.36. The van der Waals surface area contributed by atoms with E-state index in [2.05, 4.69) is 16.0 Å². The van der Waals surface area contributed by atoms with Gasteiger partial charge in [0.2, 0.25) is 11.8 Å². The lowest BCUT2D eigenvalue weighted by molar-refractivity contribution is -0.131. The molecule has 1 unspecified atom stereocenters. The number of rotatable bonds is 5. The zero-order chi connectivity index (χ0) is 15.3. The highest BCUT2D eigenvalue weighted by molar-refractivity contribution is 5.91. The number of hydrogen-bond acceptors (Lipinski definition) is 3. The van der Waals surface area contributed by atoms with Crippen molar-refractivity contribution in [2.45, 2.75) is 44.8 Å². The van der Waals surface area contributed by atoms with Crippen molar-refractivity contribution >= 4 is 11.8 Å². The second-order valence-electron chi connectivity index (χ2n) is 5.76. The predicted molar refractivity (Wildman–Crippen MR) is 81.5 cm³/mol. The van der Waals surface area contributed by atoms with Gasteiger partial charge >= 0.3 is 0 Å². The molecule has 1 aliphatic rings. The summed E-state index contributed by atoms with van der Waals surface area (Å²) in [5.74, 6) is -0.281. The fourth-order valence-corrected chi connectivity index (χ4v) is 2.45. The van der Waals surface area contributed by atoms with Gasteiger partial charge in [-0.25, -0.2) is 0 Å². The van der Waals surface area contributed by atoms with Gasteiger partial charge in [-0.2, -0.15) is 0 Å². The van der Waals surface area contributed by atoms with Crippen LogP contribution in [0.4, 0.5) is 0 Å². The largest absolute Gasteiger partial charge is 0.350 e. The standard InChI is InChI=1S/C16H23N3O2/c1-12(19-15(21)16(2)9-6-10-18-16)14(20)17-11-13-7-4-3-5-8-13/h3-5,7-8,12,18H,6,9-11H2,1-2H3,(H,17,20)(H,19,21)/t12-,16?/m0/s1. The Kier molecular flexibility index (Phi) is 4.96. The summed E-state index contributed by atoms with van der Waals surface area (Å²) in [7, 11) is 0. The molecule has 114 valence electrons. The number of benzene rings is 1. The maximum atomic E-state index is 12.2. The highest BCUT2D eigenvalue weighted by Crippen LogP contribution is 2.18.